The number of hydrogen-bond donors (Lipinski definition) is 0. The molecule has 0 aliphatic carbocycles. The van der Waals surface area contributed by atoms with Crippen LogP contribution in [0.1, 0.15) is 21.5 Å². The number of likely N-dealkylation sites (N-methyl/N-ethyl adjacent to an activating group) is 1. The molecule has 1 fully saturated rings. The van der Waals surface area contributed by atoms with Crippen LogP contribution in [0.3, 0.4) is 0 Å². The molecule has 130 valence electrons. The number of nitrogens with zero attached hydrogens (tertiary/aromatic N) is 4. The molecule has 1 saturated heterocycles. The average molecular weight is 336 g/mol. The number of piperazine rings is 1. The summed E-state index contributed by atoms with van der Waals surface area (Å²) in [6, 6.07) is 10.0. The number of hydrogen-bond acceptors (Lipinski definition) is 4. The Hall–Kier alpha value is -2.24. The van der Waals surface area contributed by atoms with E-state index in [4.69, 9.17) is 0 Å². The van der Waals surface area contributed by atoms with Crippen LogP contribution in [0.2, 0.25) is 0 Å². The van der Waals surface area contributed by atoms with Gasteiger partial charge in [0.2, 0.25) is 0 Å². The Labute approximate surface area is 148 Å². The van der Waals surface area contributed by atoms with Gasteiger partial charge in [0.25, 0.3) is 5.91 Å². The molecule has 1 aromatic heterocycles. The number of carbonyl (C=O) groups is 1. The van der Waals surface area contributed by atoms with Crippen molar-refractivity contribution in [1.82, 2.24) is 14.8 Å². The van der Waals surface area contributed by atoms with Crippen LogP contribution in [0.4, 0.5) is 5.69 Å². The Balaban J connectivity index is 1.43. The maximum absolute atomic E-state index is 12.8. The van der Waals surface area contributed by atoms with Gasteiger partial charge < -0.3 is 9.80 Å². The molecular formula is C20H24N4O. The van der Waals surface area contributed by atoms with Crippen molar-refractivity contribution >= 4 is 11.6 Å². The minimum atomic E-state index is 0.0797. The fourth-order valence-electron chi connectivity index (χ4n) is 3.61. The summed E-state index contributed by atoms with van der Waals surface area (Å²) in [5.41, 5.74) is 4.18. The first kappa shape index (κ1) is 16.2. The minimum Gasteiger partial charge on any atom is -0.308 e. The predicted octanol–water partition coefficient (Wildman–Crippen LogP) is 2.03. The summed E-state index contributed by atoms with van der Waals surface area (Å²) >= 11 is 0. The summed E-state index contributed by atoms with van der Waals surface area (Å²) in [4.78, 5) is 23.7. The lowest BCUT2D eigenvalue weighted by Crippen LogP contribution is -2.43. The summed E-state index contributed by atoms with van der Waals surface area (Å²) in [6.45, 7) is 6.16. The van der Waals surface area contributed by atoms with E-state index in [0.717, 1.165) is 62.5 Å². The number of benzene rings is 1. The van der Waals surface area contributed by atoms with Crippen LogP contribution in [0.15, 0.2) is 42.7 Å². The first-order valence-corrected chi connectivity index (χ1v) is 8.95. The Morgan fingerprint density at radius 3 is 2.56 bits per heavy atom. The standard InChI is InChI=1S/C20H24N4O/c1-22-10-12-23(13-11-22)15-16-2-4-17(5-3-16)20(25)24-9-7-18-14-21-8-6-19(18)24/h2-6,8,14H,7,9-13,15H2,1H3. The molecule has 3 heterocycles. The van der Waals surface area contributed by atoms with Crippen LogP contribution in [0.25, 0.3) is 0 Å². The first-order chi connectivity index (χ1) is 12.2. The molecule has 5 heteroatoms. The highest BCUT2D eigenvalue weighted by Gasteiger charge is 2.25. The first-order valence-electron chi connectivity index (χ1n) is 8.95. The van der Waals surface area contributed by atoms with E-state index in [0.29, 0.717) is 0 Å². The molecule has 4 rings (SSSR count). The van der Waals surface area contributed by atoms with Crippen molar-refractivity contribution in [2.75, 3.05) is 44.7 Å². The second-order valence-electron chi connectivity index (χ2n) is 6.99. The topological polar surface area (TPSA) is 39.7 Å². The smallest absolute Gasteiger partial charge is 0.258 e. The van der Waals surface area contributed by atoms with E-state index in [-0.39, 0.29) is 5.91 Å². The number of anilines is 1. The quantitative estimate of drug-likeness (QED) is 0.860. The van der Waals surface area contributed by atoms with Crippen molar-refractivity contribution in [3.63, 3.8) is 0 Å². The van der Waals surface area contributed by atoms with Gasteiger partial charge in [-0.1, -0.05) is 12.1 Å². The van der Waals surface area contributed by atoms with E-state index in [9.17, 15) is 4.79 Å². The Kier molecular flexibility index (Phi) is 4.51. The molecule has 0 N–H and O–H groups in total. The second-order valence-corrected chi connectivity index (χ2v) is 6.99. The van der Waals surface area contributed by atoms with Crippen LogP contribution >= 0.6 is 0 Å². The molecule has 5 nitrogen and oxygen atoms in total. The number of amides is 1. The Morgan fingerprint density at radius 2 is 1.80 bits per heavy atom. The molecular weight excluding hydrogens is 312 g/mol. The van der Waals surface area contributed by atoms with Crippen LogP contribution < -0.4 is 4.90 Å². The largest absolute Gasteiger partial charge is 0.308 e. The van der Waals surface area contributed by atoms with Crippen molar-refractivity contribution in [3.8, 4) is 0 Å². The van der Waals surface area contributed by atoms with Crippen molar-refractivity contribution in [2.24, 2.45) is 0 Å². The minimum absolute atomic E-state index is 0.0797. The molecule has 0 unspecified atom stereocenters. The molecule has 2 aliphatic rings. The predicted molar refractivity (Wildman–Crippen MR) is 98.8 cm³/mol. The van der Waals surface area contributed by atoms with Crippen LogP contribution in [0, 0.1) is 0 Å². The molecule has 0 saturated carbocycles. The highest BCUT2D eigenvalue weighted by Crippen LogP contribution is 2.28. The van der Waals surface area contributed by atoms with Crippen LogP contribution in [-0.4, -0.2) is 60.5 Å². The third kappa shape index (κ3) is 3.43. The van der Waals surface area contributed by atoms with Crippen LogP contribution in [-0.2, 0) is 13.0 Å². The Bertz CT molecular complexity index is 751. The third-order valence-corrected chi connectivity index (χ3v) is 5.22. The van der Waals surface area contributed by atoms with E-state index in [1.54, 1.807) is 6.20 Å². The van der Waals surface area contributed by atoms with Gasteiger partial charge in [0.15, 0.2) is 0 Å². The highest BCUT2D eigenvalue weighted by atomic mass is 16.2. The van der Waals surface area contributed by atoms with Gasteiger partial charge >= 0.3 is 0 Å². The molecule has 25 heavy (non-hydrogen) atoms. The molecule has 0 bridgehead atoms. The Morgan fingerprint density at radius 1 is 1.04 bits per heavy atom. The van der Waals surface area contributed by atoms with Gasteiger partial charge in [-0.3, -0.25) is 14.7 Å². The number of pyridine rings is 1. The maximum atomic E-state index is 12.8. The molecule has 1 amide bonds. The summed E-state index contributed by atoms with van der Waals surface area (Å²) in [7, 11) is 2.17. The molecule has 2 aromatic rings. The van der Waals surface area contributed by atoms with E-state index < -0.39 is 0 Å². The number of rotatable bonds is 3. The summed E-state index contributed by atoms with van der Waals surface area (Å²) in [6.07, 6.45) is 4.50. The van der Waals surface area contributed by atoms with E-state index in [2.05, 4.69) is 34.0 Å². The van der Waals surface area contributed by atoms with Gasteiger partial charge in [-0.25, -0.2) is 0 Å². The maximum Gasteiger partial charge on any atom is 0.258 e. The SMILES string of the molecule is CN1CCN(Cc2ccc(C(=O)N3CCc4cnccc43)cc2)CC1. The van der Waals surface area contributed by atoms with Gasteiger partial charge in [-0.05, 0) is 42.8 Å². The zero-order valence-corrected chi connectivity index (χ0v) is 14.7. The molecule has 0 radical (unpaired) electrons. The fraction of sp³-hybridized carbons (Fsp3) is 0.400. The fourth-order valence-corrected chi connectivity index (χ4v) is 3.61. The van der Waals surface area contributed by atoms with Gasteiger partial charge in [0.05, 0.1) is 5.69 Å². The van der Waals surface area contributed by atoms with E-state index in [1.807, 2.05) is 29.3 Å². The summed E-state index contributed by atoms with van der Waals surface area (Å²) < 4.78 is 0. The number of carbonyl (C=O) groups excluding carboxylic acids is 1. The summed E-state index contributed by atoms with van der Waals surface area (Å²) in [5, 5.41) is 0. The van der Waals surface area contributed by atoms with Crippen molar-refractivity contribution in [1.29, 1.82) is 0 Å². The molecule has 2 aliphatic heterocycles. The third-order valence-electron chi connectivity index (χ3n) is 5.22. The second kappa shape index (κ2) is 6.94. The van der Waals surface area contributed by atoms with Crippen molar-refractivity contribution < 1.29 is 4.79 Å². The van der Waals surface area contributed by atoms with E-state index >= 15 is 0 Å². The van der Waals surface area contributed by atoms with Gasteiger partial charge in [-0.15, -0.1) is 0 Å². The number of aromatic nitrogens is 1. The lowest BCUT2D eigenvalue weighted by atomic mass is 10.1. The van der Waals surface area contributed by atoms with Crippen molar-refractivity contribution in [2.45, 2.75) is 13.0 Å². The summed E-state index contributed by atoms with van der Waals surface area (Å²) in [5.74, 6) is 0.0797. The molecule has 0 spiro atoms. The van der Waals surface area contributed by atoms with Crippen LogP contribution in [0.5, 0.6) is 0 Å². The zero-order valence-electron chi connectivity index (χ0n) is 14.7. The van der Waals surface area contributed by atoms with Gasteiger partial charge in [0.1, 0.15) is 0 Å². The number of fused-ring (bicyclic) bond motifs is 1. The lowest BCUT2D eigenvalue weighted by molar-refractivity contribution is 0.0989. The highest BCUT2D eigenvalue weighted by molar-refractivity contribution is 6.07. The van der Waals surface area contributed by atoms with Gasteiger partial charge in [-0.2, -0.15) is 0 Å². The van der Waals surface area contributed by atoms with E-state index in [1.165, 1.54) is 5.56 Å². The lowest BCUT2D eigenvalue weighted by Gasteiger charge is -2.32. The molecule has 1 aromatic carbocycles. The van der Waals surface area contributed by atoms with Crippen molar-refractivity contribution in [3.05, 3.63) is 59.4 Å². The molecule has 0 atom stereocenters. The zero-order chi connectivity index (χ0) is 17.2. The average Bonchev–Trinajstić information content (AvgIpc) is 3.08. The monoisotopic (exact) mass is 336 g/mol. The normalized spacial score (nSPS) is 18.4. The van der Waals surface area contributed by atoms with Gasteiger partial charge in [0, 0.05) is 57.2 Å².